The van der Waals surface area contributed by atoms with Crippen molar-refractivity contribution in [2.75, 3.05) is 7.05 Å². The molecule has 0 aliphatic carbocycles. The standard InChI is InChI=1S/C10H19N3/c1-7(2)10-8(3)13(5)9(12-10)6-11-4/h7,11H,6H2,1-5H3. The van der Waals surface area contributed by atoms with Gasteiger partial charge in [0.1, 0.15) is 5.82 Å². The predicted octanol–water partition coefficient (Wildman–Crippen LogP) is 1.57. The first-order valence-corrected chi connectivity index (χ1v) is 4.74. The van der Waals surface area contributed by atoms with Gasteiger partial charge in [0.05, 0.1) is 12.2 Å². The lowest BCUT2D eigenvalue weighted by molar-refractivity contribution is 0.700. The Bertz CT molecular complexity index is 287. The lowest BCUT2D eigenvalue weighted by Crippen LogP contribution is -2.10. The van der Waals surface area contributed by atoms with Crippen molar-refractivity contribution in [2.45, 2.75) is 33.2 Å². The molecule has 13 heavy (non-hydrogen) atoms. The summed E-state index contributed by atoms with van der Waals surface area (Å²) in [6.07, 6.45) is 0. The van der Waals surface area contributed by atoms with Gasteiger partial charge in [0.2, 0.25) is 0 Å². The fraction of sp³-hybridized carbons (Fsp3) is 0.700. The quantitative estimate of drug-likeness (QED) is 0.767. The zero-order valence-corrected chi connectivity index (χ0v) is 9.18. The van der Waals surface area contributed by atoms with Crippen LogP contribution >= 0.6 is 0 Å². The Hall–Kier alpha value is -0.830. The maximum atomic E-state index is 4.60. The second kappa shape index (κ2) is 3.92. The molecule has 0 unspecified atom stereocenters. The fourth-order valence-electron chi connectivity index (χ4n) is 1.52. The largest absolute Gasteiger partial charge is 0.334 e. The van der Waals surface area contributed by atoms with E-state index >= 15 is 0 Å². The van der Waals surface area contributed by atoms with Gasteiger partial charge in [0.15, 0.2) is 0 Å². The van der Waals surface area contributed by atoms with Crippen molar-refractivity contribution in [2.24, 2.45) is 7.05 Å². The fourth-order valence-corrected chi connectivity index (χ4v) is 1.52. The molecule has 0 atom stereocenters. The SMILES string of the molecule is CNCc1nc(C(C)C)c(C)n1C. The molecule has 0 spiro atoms. The maximum absolute atomic E-state index is 4.60. The summed E-state index contributed by atoms with van der Waals surface area (Å²) in [5, 5.41) is 3.12. The third kappa shape index (κ3) is 1.91. The van der Waals surface area contributed by atoms with Gasteiger partial charge < -0.3 is 9.88 Å². The Kier molecular flexibility index (Phi) is 3.09. The van der Waals surface area contributed by atoms with E-state index in [4.69, 9.17) is 0 Å². The van der Waals surface area contributed by atoms with Crippen LogP contribution in [0.15, 0.2) is 0 Å². The summed E-state index contributed by atoms with van der Waals surface area (Å²) in [5.74, 6) is 1.63. The minimum absolute atomic E-state index is 0.511. The van der Waals surface area contributed by atoms with Gasteiger partial charge in [0, 0.05) is 12.7 Å². The molecule has 1 N–H and O–H groups in total. The summed E-state index contributed by atoms with van der Waals surface area (Å²) in [6, 6.07) is 0. The summed E-state index contributed by atoms with van der Waals surface area (Å²) in [7, 11) is 4.01. The van der Waals surface area contributed by atoms with E-state index in [1.807, 2.05) is 7.05 Å². The monoisotopic (exact) mass is 181 g/mol. The number of aromatic nitrogens is 2. The molecule has 0 fully saturated rings. The van der Waals surface area contributed by atoms with Crippen LogP contribution in [0.2, 0.25) is 0 Å². The van der Waals surface area contributed by atoms with E-state index in [1.165, 1.54) is 11.4 Å². The summed E-state index contributed by atoms with van der Waals surface area (Å²) in [6.45, 7) is 7.32. The molecular formula is C10H19N3. The van der Waals surface area contributed by atoms with Gasteiger partial charge in [-0.15, -0.1) is 0 Å². The molecule has 1 heterocycles. The van der Waals surface area contributed by atoms with Crippen molar-refractivity contribution in [1.29, 1.82) is 0 Å². The molecular weight excluding hydrogens is 162 g/mol. The zero-order chi connectivity index (χ0) is 10.0. The third-order valence-electron chi connectivity index (χ3n) is 2.39. The van der Waals surface area contributed by atoms with Crippen LogP contribution in [0.5, 0.6) is 0 Å². The number of hydrogen-bond donors (Lipinski definition) is 1. The van der Waals surface area contributed by atoms with Crippen molar-refractivity contribution < 1.29 is 0 Å². The average molecular weight is 181 g/mol. The Morgan fingerprint density at radius 1 is 1.46 bits per heavy atom. The average Bonchev–Trinajstić information content (AvgIpc) is 2.33. The molecule has 3 nitrogen and oxygen atoms in total. The maximum Gasteiger partial charge on any atom is 0.122 e. The minimum atomic E-state index is 0.511. The highest BCUT2D eigenvalue weighted by Gasteiger charge is 2.12. The Morgan fingerprint density at radius 2 is 2.08 bits per heavy atom. The highest BCUT2D eigenvalue weighted by atomic mass is 15.1. The molecule has 1 rings (SSSR count). The molecule has 0 saturated carbocycles. The van der Waals surface area contributed by atoms with Gasteiger partial charge in [0.25, 0.3) is 0 Å². The minimum Gasteiger partial charge on any atom is -0.334 e. The van der Waals surface area contributed by atoms with Gasteiger partial charge in [-0.3, -0.25) is 0 Å². The van der Waals surface area contributed by atoms with Crippen LogP contribution in [0.3, 0.4) is 0 Å². The van der Waals surface area contributed by atoms with Crippen molar-refractivity contribution in [3.63, 3.8) is 0 Å². The van der Waals surface area contributed by atoms with E-state index in [0.717, 1.165) is 12.4 Å². The van der Waals surface area contributed by atoms with Crippen LogP contribution in [0.25, 0.3) is 0 Å². The molecule has 3 heteroatoms. The smallest absolute Gasteiger partial charge is 0.122 e. The van der Waals surface area contributed by atoms with Crippen LogP contribution in [-0.4, -0.2) is 16.6 Å². The van der Waals surface area contributed by atoms with Gasteiger partial charge in [-0.2, -0.15) is 0 Å². The highest BCUT2D eigenvalue weighted by Crippen LogP contribution is 2.18. The molecule has 0 aliphatic rings. The van der Waals surface area contributed by atoms with Crippen LogP contribution in [0.1, 0.15) is 37.0 Å². The molecule has 74 valence electrons. The van der Waals surface area contributed by atoms with Crippen LogP contribution in [0.4, 0.5) is 0 Å². The van der Waals surface area contributed by atoms with Crippen LogP contribution in [0, 0.1) is 6.92 Å². The molecule has 0 saturated heterocycles. The summed E-state index contributed by atoms with van der Waals surface area (Å²) >= 11 is 0. The second-order valence-electron chi connectivity index (χ2n) is 3.74. The Labute approximate surface area is 80.2 Å². The van der Waals surface area contributed by atoms with Gasteiger partial charge in [-0.05, 0) is 19.9 Å². The lowest BCUT2D eigenvalue weighted by atomic mass is 10.1. The highest BCUT2D eigenvalue weighted by molar-refractivity contribution is 5.18. The van der Waals surface area contributed by atoms with Crippen LogP contribution < -0.4 is 5.32 Å². The first kappa shape index (κ1) is 10.3. The Morgan fingerprint density at radius 3 is 2.46 bits per heavy atom. The number of nitrogens with zero attached hydrogens (tertiary/aromatic N) is 2. The summed E-state index contributed by atoms with van der Waals surface area (Å²) in [4.78, 5) is 4.60. The van der Waals surface area contributed by atoms with Crippen molar-refractivity contribution in [1.82, 2.24) is 14.9 Å². The first-order valence-electron chi connectivity index (χ1n) is 4.74. The third-order valence-corrected chi connectivity index (χ3v) is 2.39. The summed E-state index contributed by atoms with van der Waals surface area (Å²) < 4.78 is 2.16. The van der Waals surface area contributed by atoms with Crippen molar-refractivity contribution >= 4 is 0 Å². The molecule has 0 radical (unpaired) electrons. The molecule has 1 aromatic rings. The normalized spacial score (nSPS) is 11.2. The van der Waals surface area contributed by atoms with Crippen LogP contribution in [-0.2, 0) is 13.6 Å². The number of nitrogens with one attached hydrogen (secondary N) is 1. The van der Waals surface area contributed by atoms with E-state index in [9.17, 15) is 0 Å². The van der Waals surface area contributed by atoms with E-state index in [1.54, 1.807) is 0 Å². The number of imidazole rings is 1. The first-order chi connectivity index (χ1) is 6.07. The zero-order valence-electron chi connectivity index (χ0n) is 9.18. The van der Waals surface area contributed by atoms with Gasteiger partial charge in [-0.1, -0.05) is 13.8 Å². The van der Waals surface area contributed by atoms with Gasteiger partial charge in [-0.25, -0.2) is 4.98 Å². The molecule has 1 aromatic heterocycles. The van der Waals surface area contributed by atoms with E-state index in [-0.39, 0.29) is 0 Å². The molecule has 0 aromatic carbocycles. The summed E-state index contributed by atoms with van der Waals surface area (Å²) in [5.41, 5.74) is 2.49. The van der Waals surface area contributed by atoms with Crippen molar-refractivity contribution in [3.8, 4) is 0 Å². The van der Waals surface area contributed by atoms with Crippen molar-refractivity contribution in [3.05, 3.63) is 17.2 Å². The van der Waals surface area contributed by atoms with E-state index in [0.29, 0.717) is 5.92 Å². The van der Waals surface area contributed by atoms with Gasteiger partial charge >= 0.3 is 0 Å². The molecule has 0 amide bonds. The lowest BCUT2D eigenvalue weighted by Gasteiger charge is -2.02. The molecule has 0 bridgehead atoms. The Balaban J connectivity index is 3.05. The predicted molar refractivity (Wildman–Crippen MR) is 54.8 cm³/mol. The van der Waals surface area contributed by atoms with E-state index < -0.39 is 0 Å². The number of hydrogen-bond acceptors (Lipinski definition) is 2. The number of rotatable bonds is 3. The van der Waals surface area contributed by atoms with E-state index in [2.05, 4.69) is 42.7 Å². The molecule has 0 aliphatic heterocycles. The topological polar surface area (TPSA) is 29.9 Å². The second-order valence-corrected chi connectivity index (χ2v) is 3.74.